The Kier molecular flexibility index (Phi) is 7.58. The van der Waals surface area contributed by atoms with Gasteiger partial charge >= 0.3 is 6.09 Å². The van der Waals surface area contributed by atoms with Crippen LogP contribution in [0.5, 0.6) is 0 Å². The number of nitrogens with one attached hydrogen (secondary N) is 2. The molecule has 0 spiro atoms. The van der Waals surface area contributed by atoms with Crippen molar-refractivity contribution >= 4 is 56.0 Å². The molecule has 13 nitrogen and oxygen atoms in total. The molecule has 1 aromatic carbocycles. The second kappa shape index (κ2) is 11.1. The number of carboxylic acid groups (broad SMARTS) is 1. The Hall–Kier alpha value is -4.08. The number of piperazine rings is 1. The number of amides is 3. The molecule has 1 aliphatic carbocycles. The fourth-order valence-electron chi connectivity index (χ4n) is 5.85. The van der Waals surface area contributed by atoms with E-state index >= 15 is 0 Å². The van der Waals surface area contributed by atoms with Crippen molar-refractivity contribution in [2.45, 2.75) is 57.1 Å². The second-order valence-corrected chi connectivity index (χ2v) is 14.3. The molecule has 2 aliphatic heterocycles. The van der Waals surface area contributed by atoms with Crippen molar-refractivity contribution in [3.8, 4) is 10.4 Å². The molecule has 232 valence electrons. The molecular weight excluding hydrogens is 606 g/mol. The van der Waals surface area contributed by atoms with Crippen LogP contribution in [0.15, 0.2) is 35.2 Å². The lowest BCUT2D eigenvalue weighted by Gasteiger charge is -2.37. The first-order chi connectivity index (χ1) is 20.9. The van der Waals surface area contributed by atoms with E-state index in [1.165, 1.54) is 23.3 Å². The summed E-state index contributed by atoms with van der Waals surface area (Å²) in [4.78, 5) is 51.9. The standard InChI is InChI=1S/C29H33N7O6S2/c1-15-12-36(24(37)14-34(15)29(39)40)23-7-5-6-22(32-23)33-28-31-16(2)26(43-28)19-10-20-13-35(17(3)18-8-9-18)27(38)25(20)21(11-19)44(41,42)30-4/h5-7,10-11,15,17-18,30H,8-9,12-14H2,1-4H3,(H,39,40)(H,31,32,33)/t15-,17-/m0/s1. The molecule has 1 saturated carbocycles. The second-order valence-electron chi connectivity index (χ2n) is 11.4. The van der Waals surface area contributed by atoms with Crippen molar-refractivity contribution in [3.63, 3.8) is 0 Å². The quantitative estimate of drug-likeness (QED) is 0.334. The van der Waals surface area contributed by atoms with Gasteiger partial charge in [0.15, 0.2) is 5.13 Å². The summed E-state index contributed by atoms with van der Waals surface area (Å²) >= 11 is 1.32. The molecule has 2 aromatic heterocycles. The van der Waals surface area contributed by atoms with Gasteiger partial charge in [-0.2, -0.15) is 0 Å². The lowest BCUT2D eigenvalue weighted by molar-refractivity contribution is -0.121. The number of benzene rings is 1. The summed E-state index contributed by atoms with van der Waals surface area (Å²) in [5.41, 5.74) is 2.22. The van der Waals surface area contributed by atoms with Gasteiger partial charge in [0.2, 0.25) is 15.9 Å². The predicted molar refractivity (Wildman–Crippen MR) is 165 cm³/mol. The van der Waals surface area contributed by atoms with Crippen LogP contribution in [0.3, 0.4) is 0 Å². The highest BCUT2D eigenvalue weighted by molar-refractivity contribution is 7.89. The highest BCUT2D eigenvalue weighted by Gasteiger charge is 2.41. The summed E-state index contributed by atoms with van der Waals surface area (Å²) in [5, 5.41) is 13.0. The highest BCUT2D eigenvalue weighted by atomic mass is 32.2. The molecule has 6 rings (SSSR count). The number of hydrogen-bond acceptors (Lipinski definition) is 9. The molecule has 44 heavy (non-hydrogen) atoms. The Bertz CT molecular complexity index is 1790. The first-order valence-electron chi connectivity index (χ1n) is 14.3. The summed E-state index contributed by atoms with van der Waals surface area (Å²) in [6, 6.07) is 8.23. The average Bonchev–Trinajstić information content (AvgIpc) is 3.70. The molecule has 3 amide bonds. The average molecular weight is 640 g/mol. The first-order valence-corrected chi connectivity index (χ1v) is 16.6. The number of anilines is 3. The number of rotatable bonds is 8. The van der Waals surface area contributed by atoms with Crippen LogP contribution in [0.4, 0.5) is 21.6 Å². The summed E-state index contributed by atoms with van der Waals surface area (Å²) in [7, 11) is -2.60. The van der Waals surface area contributed by atoms with Crippen molar-refractivity contribution in [3.05, 3.63) is 47.2 Å². The molecule has 0 unspecified atom stereocenters. The highest BCUT2D eigenvalue weighted by Crippen LogP contribution is 2.42. The molecule has 4 heterocycles. The molecular formula is C29H33N7O6S2. The van der Waals surface area contributed by atoms with Gasteiger partial charge in [-0.1, -0.05) is 17.4 Å². The maximum Gasteiger partial charge on any atom is 0.408 e. The third kappa shape index (κ3) is 5.39. The minimum atomic E-state index is -3.93. The largest absolute Gasteiger partial charge is 0.465 e. The SMILES string of the molecule is CNS(=O)(=O)c1cc(-c2sc(Nc3cccc(N4C[C@H](C)N(C(=O)O)CC4=O)n3)nc2C)cc2c1C(=O)N([C@@H](C)C1CC1)C2. The minimum Gasteiger partial charge on any atom is -0.465 e. The third-order valence-electron chi connectivity index (χ3n) is 8.49. The topological polar surface area (TPSA) is 165 Å². The van der Waals surface area contributed by atoms with E-state index in [0.717, 1.165) is 22.6 Å². The number of hydrogen-bond donors (Lipinski definition) is 3. The van der Waals surface area contributed by atoms with Gasteiger partial charge in [0.25, 0.3) is 5.91 Å². The van der Waals surface area contributed by atoms with E-state index in [0.29, 0.717) is 46.1 Å². The van der Waals surface area contributed by atoms with Crippen LogP contribution in [0.2, 0.25) is 0 Å². The van der Waals surface area contributed by atoms with E-state index in [4.69, 9.17) is 0 Å². The van der Waals surface area contributed by atoms with E-state index in [-0.39, 0.29) is 41.4 Å². The number of carbonyl (C=O) groups is 3. The summed E-state index contributed by atoms with van der Waals surface area (Å²) in [5.74, 6) is 0.644. The monoisotopic (exact) mass is 639 g/mol. The molecule has 3 N–H and O–H groups in total. The number of nitrogens with zero attached hydrogens (tertiary/aromatic N) is 5. The Morgan fingerprint density at radius 2 is 1.91 bits per heavy atom. The van der Waals surface area contributed by atoms with Crippen LogP contribution in [-0.2, 0) is 21.4 Å². The number of sulfonamides is 1. The molecule has 1 saturated heterocycles. The van der Waals surface area contributed by atoms with Gasteiger partial charge in [0.1, 0.15) is 18.2 Å². The van der Waals surface area contributed by atoms with Crippen LogP contribution in [0.1, 0.15) is 48.3 Å². The van der Waals surface area contributed by atoms with E-state index in [2.05, 4.69) is 20.0 Å². The Morgan fingerprint density at radius 1 is 1.16 bits per heavy atom. The lowest BCUT2D eigenvalue weighted by Crippen LogP contribution is -2.57. The van der Waals surface area contributed by atoms with E-state index in [1.54, 1.807) is 36.1 Å². The fraction of sp³-hybridized carbons (Fsp3) is 0.414. The van der Waals surface area contributed by atoms with Crippen LogP contribution in [-0.4, -0.2) is 83.4 Å². The number of aryl methyl sites for hydroxylation is 1. The van der Waals surface area contributed by atoms with Crippen molar-refractivity contribution in [1.82, 2.24) is 24.5 Å². The summed E-state index contributed by atoms with van der Waals surface area (Å²) in [6.07, 6.45) is 0.997. The van der Waals surface area contributed by atoms with Gasteiger partial charge in [-0.15, -0.1) is 0 Å². The third-order valence-corrected chi connectivity index (χ3v) is 11.0. The summed E-state index contributed by atoms with van der Waals surface area (Å²) < 4.78 is 28.6. The molecule has 3 aliphatic rings. The lowest BCUT2D eigenvalue weighted by atomic mass is 10.0. The number of aromatic nitrogens is 2. The van der Waals surface area contributed by atoms with Crippen molar-refractivity contribution in [2.24, 2.45) is 5.92 Å². The van der Waals surface area contributed by atoms with Crippen LogP contribution < -0.4 is 14.9 Å². The van der Waals surface area contributed by atoms with Crippen LogP contribution >= 0.6 is 11.3 Å². The zero-order chi connectivity index (χ0) is 31.5. The molecule has 0 radical (unpaired) electrons. The smallest absolute Gasteiger partial charge is 0.408 e. The van der Waals surface area contributed by atoms with Crippen LogP contribution in [0.25, 0.3) is 10.4 Å². The molecule has 2 fully saturated rings. The van der Waals surface area contributed by atoms with Crippen LogP contribution in [0, 0.1) is 12.8 Å². The van der Waals surface area contributed by atoms with E-state index in [1.807, 2.05) is 19.9 Å². The maximum absolute atomic E-state index is 13.5. The van der Waals surface area contributed by atoms with Crippen molar-refractivity contribution in [2.75, 3.05) is 30.4 Å². The van der Waals surface area contributed by atoms with Gasteiger partial charge in [0.05, 0.1) is 27.1 Å². The Morgan fingerprint density at radius 3 is 2.59 bits per heavy atom. The zero-order valence-corrected chi connectivity index (χ0v) is 26.3. The van der Waals surface area contributed by atoms with E-state index < -0.39 is 22.2 Å². The van der Waals surface area contributed by atoms with Crippen molar-refractivity contribution in [1.29, 1.82) is 0 Å². The molecule has 3 aromatic rings. The number of carbonyl (C=O) groups excluding carboxylic acids is 2. The Labute approximate surface area is 259 Å². The zero-order valence-electron chi connectivity index (χ0n) is 24.7. The molecule has 0 bridgehead atoms. The molecule has 15 heteroatoms. The number of pyridine rings is 1. The van der Waals surface area contributed by atoms with Gasteiger partial charge in [-0.3, -0.25) is 19.4 Å². The minimum absolute atomic E-state index is 0.0345. The van der Waals surface area contributed by atoms with Gasteiger partial charge in [0, 0.05) is 19.1 Å². The predicted octanol–water partition coefficient (Wildman–Crippen LogP) is 3.63. The maximum atomic E-state index is 13.5. The number of thiazole rings is 1. The van der Waals surface area contributed by atoms with Gasteiger partial charge in [-0.05, 0) is 82.0 Å². The van der Waals surface area contributed by atoms with Gasteiger partial charge < -0.3 is 15.3 Å². The molecule has 2 atom stereocenters. The van der Waals surface area contributed by atoms with Gasteiger partial charge in [-0.25, -0.2) is 27.9 Å². The summed E-state index contributed by atoms with van der Waals surface area (Å²) in [6.45, 7) is 5.87. The van der Waals surface area contributed by atoms with E-state index in [9.17, 15) is 27.9 Å². The number of fused-ring (bicyclic) bond motifs is 1. The first kappa shape index (κ1) is 30.0. The fourth-order valence-corrected chi connectivity index (χ4v) is 7.80. The Balaban J connectivity index is 1.29. The normalized spacial score (nSPS) is 19.4. The van der Waals surface area contributed by atoms with Crippen molar-refractivity contribution < 1.29 is 27.9 Å².